The van der Waals surface area contributed by atoms with Gasteiger partial charge in [-0.15, -0.1) is 0 Å². The number of allylic oxidation sites excluding steroid dienone is 2. The summed E-state index contributed by atoms with van der Waals surface area (Å²) in [6.45, 7) is 1.67. The van der Waals surface area contributed by atoms with E-state index in [1.165, 1.54) is 24.0 Å². The molecule has 0 fully saturated rings. The average molecular weight is 241 g/mol. The minimum Gasteiger partial charge on any atom is -0.312 e. The molecule has 1 heterocycles. The van der Waals surface area contributed by atoms with Gasteiger partial charge in [0.25, 0.3) is 0 Å². The number of carbonyl (C=O) groups excluding carboxylic acids is 1. The smallest absolute Gasteiger partial charge is 0.167 e. The molecule has 2 heteroatoms. The lowest BCUT2D eigenvalue weighted by Gasteiger charge is -2.26. The van der Waals surface area contributed by atoms with Gasteiger partial charge in [-0.3, -0.25) is 4.79 Å². The number of hydrogen-bond donors (Lipinski definition) is 1. The number of carbonyl (C=O) groups is 1. The molecule has 2 aliphatic rings. The quantitative estimate of drug-likeness (QED) is 0.862. The summed E-state index contributed by atoms with van der Waals surface area (Å²) in [4.78, 5) is 12.6. The highest BCUT2D eigenvalue weighted by atomic mass is 16.1. The van der Waals surface area contributed by atoms with E-state index in [-0.39, 0.29) is 5.92 Å². The van der Waals surface area contributed by atoms with Gasteiger partial charge in [-0.2, -0.15) is 0 Å². The standard InChI is InChI=1S/C16H19NO/c18-16(12-6-2-1-3-7-12)15-11-17-10-13-8-4-5-9-14(13)15/h4-6,8-9,15,17H,1-3,7,10-11H2. The van der Waals surface area contributed by atoms with Gasteiger partial charge in [-0.25, -0.2) is 0 Å². The van der Waals surface area contributed by atoms with E-state index in [0.29, 0.717) is 5.78 Å². The fraction of sp³-hybridized carbons (Fsp3) is 0.438. The van der Waals surface area contributed by atoms with E-state index >= 15 is 0 Å². The predicted octanol–water partition coefficient (Wildman–Crippen LogP) is 2.94. The molecule has 2 nitrogen and oxygen atoms in total. The lowest BCUT2D eigenvalue weighted by Crippen LogP contribution is -2.33. The summed E-state index contributed by atoms with van der Waals surface area (Å²) in [7, 11) is 0. The maximum atomic E-state index is 12.6. The van der Waals surface area contributed by atoms with E-state index in [9.17, 15) is 4.79 Å². The van der Waals surface area contributed by atoms with E-state index in [1.54, 1.807) is 0 Å². The highest BCUT2D eigenvalue weighted by Crippen LogP contribution is 2.29. The van der Waals surface area contributed by atoms with E-state index in [1.807, 2.05) is 12.1 Å². The predicted molar refractivity (Wildman–Crippen MR) is 72.4 cm³/mol. The summed E-state index contributed by atoms with van der Waals surface area (Å²) in [6.07, 6.45) is 6.60. The molecule has 0 radical (unpaired) electrons. The maximum Gasteiger partial charge on any atom is 0.167 e. The lowest BCUT2D eigenvalue weighted by molar-refractivity contribution is -0.117. The summed E-state index contributed by atoms with van der Waals surface area (Å²) >= 11 is 0. The average Bonchev–Trinajstić information content (AvgIpc) is 2.47. The van der Waals surface area contributed by atoms with E-state index in [0.717, 1.165) is 31.5 Å². The first kappa shape index (κ1) is 11.7. The Morgan fingerprint density at radius 1 is 1.22 bits per heavy atom. The third-order valence-electron chi connectivity index (χ3n) is 4.02. The molecule has 0 aromatic heterocycles. The van der Waals surface area contributed by atoms with E-state index in [2.05, 4.69) is 23.5 Å². The van der Waals surface area contributed by atoms with Gasteiger partial charge >= 0.3 is 0 Å². The lowest BCUT2D eigenvalue weighted by atomic mass is 9.82. The molecule has 1 aliphatic heterocycles. The van der Waals surface area contributed by atoms with Crippen molar-refractivity contribution in [3.05, 3.63) is 47.0 Å². The van der Waals surface area contributed by atoms with Gasteiger partial charge in [-0.05, 0) is 42.4 Å². The summed E-state index contributed by atoms with van der Waals surface area (Å²) in [5, 5.41) is 3.36. The normalized spacial score (nSPS) is 23.1. The van der Waals surface area contributed by atoms with Crippen LogP contribution in [0.15, 0.2) is 35.9 Å². The molecule has 0 saturated carbocycles. The van der Waals surface area contributed by atoms with Crippen LogP contribution in [-0.2, 0) is 11.3 Å². The van der Waals surface area contributed by atoms with Gasteiger partial charge in [0.1, 0.15) is 0 Å². The molecule has 1 unspecified atom stereocenters. The molecule has 0 bridgehead atoms. The highest BCUT2D eigenvalue weighted by molar-refractivity contribution is 6.01. The van der Waals surface area contributed by atoms with Crippen LogP contribution in [0.1, 0.15) is 42.7 Å². The molecular weight excluding hydrogens is 222 g/mol. The van der Waals surface area contributed by atoms with Crippen molar-refractivity contribution in [3.8, 4) is 0 Å². The van der Waals surface area contributed by atoms with Crippen LogP contribution in [0, 0.1) is 0 Å². The zero-order valence-corrected chi connectivity index (χ0v) is 10.6. The zero-order valence-electron chi connectivity index (χ0n) is 10.6. The second-order valence-electron chi connectivity index (χ2n) is 5.22. The van der Waals surface area contributed by atoms with E-state index in [4.69, 9.17) is 0 Å². The highest BCUT2D eigenvalue weighted by Gasteiger charge is 2.28. The second-order valence-corrected chi connectivity index (χ2v) is 5.22. The van der Waals surface area contributed by atoms with Crippen molar-refractivity contribution < 1.29 is 4.79 Å². The molecule has 1 aromatic rings. The number of rotatable bonds is 2. The largest absolute Gasteiger partial charge is 0.312 e. The summed E-state index contributed by atoms with van der Waals surface area (Å²) < 4.78 is 0. The summed E-state index contributed by atoms with van der Waals surface area (Å²) in [5.41, 5.74) is 3.57. The van der Waals surface area contributed by atoms with Crippen molar-refractivity contribution in [2.75, 3.05) is 6.54 Å². The molecule has 1 aliphatic carbocycles. The molecular formula is C16H19NO. The van der Waals surface area contributed by atoms with Crippen LogP contribution < -0.4 is 5.32 Å². The van der Waals surface area contributed by atoms with Crippen LogP contribution in [0.4, 0.5) is 0 Å². The molecule has 1 atom stereocenters. The van der Waals surface area contributed by atoms with Crippen molar-refractivity contribution in [2.24, 2.45) is 0 Å². The van der Waals surface area contributed by atoms with Gasteiger partial charge in [0.2, 0.25) is 0 Å². The monoisotopic (exact) mass is 241 g/mol. The van der Waals surface area contributed by atoms with Gasteiger partial charge in [0.15, 0.2) is 5.78 Å². The van der Waals surface area contributed by atoms with Crippen molar-refractivity contribution in [2.45, 2.75) is 38.1 Å². The Bertz CT molecular complexity index is 490. The molecule has 1 aromatic carbocycles. The Labute approximate surface area is 108 Å². The van der Waals surface area contributed by atoms with Crippen LogP contribution >= 0.6 is 0 Å². The van der Waals surface area contributed by atoms with Gasteiger partial charge in [0, 0.05) is 13.1 Å². The first-order valence-electron chi connectivity index (χ1n) is 6.88. The van der Waals surface area contributed by atoms with Crippen LogP contribution in [0.25, 0.3) is 0 Å². The van der Waals surface area contributed by atoms with Crippen molar-refractivity contribution >= 4 is 5.78 Å². The Hall–Kier alpha value is -1.41. The minimum absolute atomic E-state index is 0.0271. The topological polar surface area (TPSA) is 29.1 Å². The number of benzene rings is 1. The van der Waals surface area contributed by atoms with Crippen molar-refractivity contribution in [3.63, 3.8) is 0 Å². The first-order valence-corrected chi connectivity index (χ1v) is 6.88. The summed E-state index contributed by atoms with van der Waals surface area (Å²) in [5.74, 6) is 0.369. The Morgan fingerprint density at radius 3 is 2.94 bits per heavy atom. The van der Waals surface area contributed by atoms with Crippen LogP contribution in [0.2, 0.25) is 0 Å². The molecule has 1 N–H and O–H groups in total. The Balaban J connectivity index is 1.89. The number of hydrogen-bond acceptors (Lipinski definition) is 2. The number of nitrogens with one attached hydrogen (secondary N) is 1. The van der Waals surface area contributed by atoms with Crippen LogP contribution in [0.5, 0.6) is 0 Å². The van der Waals surface area contributed by atoms with Gasteiger partial charge in [-0.1, -0.05) is 30.3 Å². The first-order chi connectivity index (χ1) is 8.86. The third-order valence-corrected chi connectivity index (χ3v) is 4.02. The van der Waals surface area contributed by atoms with E-state index < -0.39 is 0 Å². The van der Waals surface area contributed by atoms with Crippen LogP contribution in [-0.4, -0.2) is 12.3 Å². The number of fused-ring (bicyclic) bond motifs is 1. The molecule has 0 amide bonds. The maximum absolute atomic E-state index is 12.6. The number of Topliss-reactive ketones (excluding diaryl/α,β-unsaturated/α-hetero) is 1. The van der Waals surface area contributed by atoms with Crippen molar-refractivity contribution in [1.29, 1.82) is 0 Å². The summed E-state index contributed by atoms with van der Waals surface area (Å²) in [6, 6.07) is 8.33. The fourth-order valence-electron chi connectivity index (χ4n) is 3.02. The third kappa shape index (κ3) is 2.13. The Kier molecular flexibility index (Phi) is 3.28. The van der Waals surface area contributed by atoms with Crippen molar-refractivity contribution in [1.82, 2.24) is 5.32 Å². The van der Waals surface area contributed by atoms with Crippen LogP contribution in [0.3, 0.4) is 0 Å². The Morgan fingerprint density at radius 2 is 2.11 bits per heavy atom. The molecule has 0 spiro atoms. The van der Waals surface area contributed by atoms with Gasteiger partial charge < -0.3 is 5.32 Å². The molecule has 94 valence electrons. The number of ketones is 1. The molecule has 0 saturated heterocycles. The zero-order chi connectivity index (χ0) is 12.4. The second kappa shape index (κ2) is 5.07. The van der Waals surface area contributed by atoms with Gasteiger partial charge in [0.05, 0.1) is 5.92 Å². The fourth-order valence-corrected chi connectivity index (χ4v) is 3.02. The molecule has 3 rings (SSSR count). The minimum atomic E-state index is 0.0271. The SMILES string of the molecule is O=C(C1=CCCCC1)C1CNCc2ccccc21. The molecule has 18 heavy (non-hydrogen) atoms.